The Bertz CT molecular complexity index is 924. The number of amides is 2. The van der Waals surface area contributed by atoms with E-state index in [-0.39, 0.29) is 12.2 Å². The highest BCUT2D eigenvalue weighted by molar-refractivity contribution is 6.07. The van der Waals surface area contributed by atoms with Gasteiger partial charge in [-0.25, -0.2) is 0 Å². The number of nitrogens with two attached hydrogens (primary N) is 1. The average Bonchev–Trinajstić information content (AvgIpc) is 2.74. The second kappa shape index (κ2) is 9.82. The minimum absolute atomic E-state index is 0.207. The van der Waals surface area contributed by atoms with Crippen LogP contribution in [0.3, 0.4) is 0 Å². The molecule has 1 aliphatic rings. The molecular weight excluding hydrogens is 411 g/mol. The van der Waals surface area contributed by atoms with Gasteiger partial charge in [-0.15, -0.1) is 0 Å². The highest BCUT2D eigenvalue weighted by atomic mass is 19.4. The first-order valence-corrected chi connectivity index (χ1v) is 9.96. The summed E-state index contributed by atoms with van der Waals surface area (Å²) in [6.45, 7) is 0.169. The summed E-state index contributed by atoms with van der Waals surface area (Å²) in [5.74, 6) is -0.994. The molecule has 1 saturated heterocycles. The van der Waals surface area contributed by atoms with E-state index in [1.54, 1.807) is 18.2 Å². The van der Waals surface area contributed by atoms with Gasteiger partial charge in [-0.3, -0.25) is 9.59 Å². The van der Waals surface area contributed by atoms with Crippen molar-refractivity contribution < 1.29 is 27.5 Å². The number of hydrogen-bond acceptors (Lipinski definition) is 4. The van der Waals surface area contributed by atoms with Crippen molar-refractivity contribution in [2.75, 3.05) is 29.9 Å². The van der Waals surface area contributed by atoms with Crippen LogP contribution in [0.25, 0.3) is 0 Å². The first kappa shape index (κ1) is 22.6. The van der Waals surface area contributed by atoms with E-state index in [0.29, 0.717) is 16.8 Å². The van der Waals surface area contributed by atoms with Gasteiger partial charge in [0.05, 0.1) is 18.0 Å². The summed E-state index contributed by atoms with van der Waals surface area (Å²) in [6, 6.07) is 11.1. The Hall–Kier alpha value is -3.07. The molecule has 1 heterocycles. The van der Waals surface area contributed by atoms with Gasteiger partial charge in [0.2, 0.25) is 5.91 Å². The molecular formula is C22H24F3N3O3. The summed E-state index contributed by atoms with van der Waals surface area (Å²) in [5, 5.41) is 2.83. The van der Waals surface area contributed by atoms with Crippen LogP contribution in [0.15, 0.2) is 42.5 Å². The van der Waals surface area contributed by atoms with Crippen molar-refractivity contribution in [3.63, 3.8) is 0 Å². The third-order valence-electron chi connectivity index (χ3n) is 4.98. The zero-order valence-corrected chi connectivity index (χ0v) is 16.9. The number of halogens is 3. The van der Waals surface area contributed by atoms with Crippen molar-refractivity contribution in [3.05, 3.63) is 59.2 Å². The normalized spacial score (nSPS) is 14.4. The van der Waals surface area contributed by atoms with Crippen LogP contribution in [-0.4, -0.2) is 37.7 Å². The number of anilines is 2. The number of nitrogens with one attached hydrogen (secondary N) is 1. The van der Waals surface area contributed by atoms with E-state index in [0.717, 1.165) is 38.0 Å². The van der Waals surface area contributed by atoms with Gasteiger partial charge in [0.15, 0.2) is 0 Å². The molecule has 1 fully saturated rings. The van der Waals surface area contributed by atoms with Crippen molar-refractivity contribution in [2.24, 2.45) is 5.73 Å². The van der Waals surface area contributed by atoms with Gasteiger partial charge in [0.1, 0.15) is 6.61 Å². The van der Waals surface area contributed by atoms with Crippen LogP contribution in [0.1, 0.15) is 45.5 Å². The van der Waals surface area contributed by atoms with Gasteiger partial charge < -0.3 is 20.7 Å². The maximum atomic E-state index is 12.8. The van der Waals surface area contributed by atoms with E-state index in [1.165, 1.54) is 24.3 Å². The lowest BCUT2D eigenvalue weighted by Crippen LogP contribution is -2.30. The van der Waals surface area contributed by atoms with Crippen molar-refractivity contribution in [1.29, 1.82) is 0 Å². The van der Waals surface area contributed by atoms with E-state index < -0.39 is 24.6 Å². The number of carbonyl (C=O) groups excluding carboxylic acids is 2. The summed E-state index contributed by atoms with van der Waals surface area (Å²) in [6.07, 6.45) is -1.15. The van der Waals surface area contributed by atoms with Crippen LogP contribution < -0.4 is 16.0 Å². The first-order valence-electron chi connectivity index (χ1n) is 9.96. The van der Waals surface area contributed by atoms with E-state index in [4.69, 9.17) is 5.73 Å². The standard InChI is InChI=1S/C22H24F3N3O3/c23-22(24,25)14-31-13-15-4-6-16(7-5-15)21(30)27-18-12-17(20(26)29)8-9-19(18)28-10-2-1-3-11-28/h4-9,12H,1-3,10-11,13-14H2,(H2,26,29)(H,27,30). The van der Waals surface area contributed by atoms with Gasteiger partial charge in [-0.1, -0.05) is 12.1 Å². The maximum absolute atomic E-state index is 12.8. The predicted octanol–water partition coefficient (Wildman–Crippen LogP) is 4.11. The zero-order chi connectivity index (χ0) is 22.4. The molecule has 3 rings (SSSR count). The first-order chi connectivity index (χ1) is 14.7. The van der Waals surface area contributed by atoms with E-state index in [9.17, 15) is 22.8 Å². The molecule has 2 amide bonds. The van der Waals surface area contributed by atoms with E-state index in [1.807, 2.05) is 0 Å². The fraction of sp³-hybridized carbons (Fsp3) is 0.364. The Kier molecular flexibility index (Phi) is 7.17. The number of nitrogens with zero attached hydrogens (tertiary/aromatic N) is 1. The molecule has 0 atom stereocenters. The number of hydrogen-bond donors (Lipinski definition) is 2. The number of ether oxygens (including phenoxy) is 1. The van der Waals surface area contributed by atoms with Gasteiger partial charge in [0, 0.05) is 24.2 Å². The molecule has 0 bridgehead atoms. The quantitative estimate of drug-likeness (QED) is 0.686. The smallest absolute Gasteiger partial charge is 0.370 e. The van der Waals surface area contributed by atoms with Crippen molar-refractivity contribution >= 4 is 23.2 Å². The number of piperidine rings is 1. The summed E-state index contributed by atoms with van der Waals surface area (Å²) in [4.78, 5) is 26.5. The molecule has 0 spiro atoms. The number of rotatable bonds is 7. The third kappa shape index (κ3) is 6.45. The highest BCUT2D eigenvalue weighted by Crippen LogP contribution is 2.30. The van der Waals surface area contributed by atoms with Crippen LogP contribution in [0.2, 0.25) is 0 Å². The molecule has 0 aromatic heterocycles. The molecule has 31 heavy (non-hydrogen) atoms. The predicted molar refractivity (Wildman–Crippen MR) is 111 cm³/mol. The van der Waals surface area contributed by atoms with Gasteiger partial charge in [-0.2, -0.15) is 13.2 Å². The van der Waals surface area contributed by atoms with Crippen LogP contribution >= 0.6 is 0 Å². The fourth-order valence-corrected chi connectivity index (χ4v) is 3.43. The second-order valence-electron chi connectivity index (χ2n) is 7.40. The number of primary amides is 1. The molecule has 1 aliphatic heterocycles. The largest absolute Gasteiger partial charge is 0.411 e. The van der Waals surface area contributed by atoms with Crippen LogP contribution in [0.4, 0.5) is 24.5 Å². The molecule has 0 saturated carbocycles. The third-order valence-corrected chi connectivity index (χ3v) is 4.98. The molecule has 2 aromatic rings. The Morgan fingerprint density at radius 2 is 1.65 bits per heavy atom. The minimum Gasteiger partial charge on any atom is -0.370 e. The SMILES string of the molecule is NC(=O)c1ccc(N2CCCCC2)c(NC(=O)c2ccc(COCC(F)(F)F)cc2)c1. The Balaban J connectivity index is 1.72. The molecule has 9 heteroatoms. The summed E-state index contributed by atoms with van der Waals surface area (Å²) >= 11 is 0. The van der Waals surface area contributed by atoms with Gasteiger partial charge in [0.25, 0.3) is 5.91 Å². The monoisotopic (exact) mass is 435 g/mol. The van der Waals surface area contributed by atoms with Gasteiger partial charge >= 0.3 is 6.18 Å². The van der Waals surface area contributed by atoms with Crippen LogP contribution in [0, 0.1) is 0 Å². The van der Waals surface area contributed by atoms with Crippen molar-refractivity contribution in [1.82, 2.24) is 0 Å². The minimum atomic E-state index is -4.38. The molecule has 166 valence electrons. The van der Waals surface area contributed by atoms with Gasteiger partial charge in [-0.05, 0) is 55.2 Å². The average molecular weight is 435 g/mol. The lowest BCUT2D eigenvalue weighted by molar-refractivity contribution is -0.176. The number of benzene rings is 2. The number of carbonyl (C=O) groups is 2. The maximum Gasteiger partial charge on any atom is 0.411 e. The van der Waals surface area contributed by atoms with E-state index in [2.05, 4.69) is 15.0 Å². The van der Waals surface area contributed by atoms with Crippen molar-refractivity contribution in [3.8, 4) is 0 Å². The highest BCUT2D eigenvalue weighted by Gasteiger charge is 2.27. The molecule has 2 aromatic carbocycles. The Morgan fingerprint density at radius 3 is 2.26 bits per heavy atom. The Morgan fingerprint density at radius 1 is 1.00 bits per heavy atom. The summed E-state index contributed by atoms with van der Waals surface area (Å²) in [5.41, 5.74) is 7.82. The zero-order valence-electron chi connectivity index (χ0n) is 16.9. The topological polar surface area (TPSA) is 84.7 Å². The lowest BCUT2D eigenvalue weighted by Gasteiger charge is -2.30. The van der Waals surface area contributed by atoms with Crippen LogP contribution in [0.5, 0.6) is 0 Å². The molecule has 0 radical (unpaired) electrons. The molecule has 3 N–H and O–H groups in total. The molecule has 0 aliphatic carbocycles. The molecule has 6 nitrogen and oxygen atoms in total. The summed E-state index contributed by atoms with van der Waals surface area (Å²) in [7, 11) is 0. The molecule has 0 unspecified atom stereocenters. The fourth-order valence-electron chi connectivity index (χ4n) is 3.43. The lowest BCUT2D eigenvalue weighted by atomic mass is 10.1. The van der Waals surface area contributed by atoms with Crippen LogP contribution in [-0.2, 0) is 11.3 Å². The Labute approximate surface area is 178 Å². The second-order valence-corrected chi connectivity index (χ2v) is 7.40. The van der Waals surface area contributed by atoms with E-state index >= 15 is 0 Å². The summed E-state index contributed by atoms with van der Waals surface area (Å²) < 4.78 is 41.1. The number of alkyl halides is 3. The van der Waals surface area contributed by atoms with Crippen molar-refractivity contribution in [2.45, 2.75) is 32.0 Å².